The highest BCUT2D eigenvalue weighted by Gasteiger charge is 2.27. The number of carbonyl (C=O) groups excluding carboxylic acids is 2. The van der Waals surface area contributed by atoms with Crippen LogP contribution in [0.25, 0.3) is 0 Å². The van der Waals surface area contributed by atoms with Crippen molar-refractivity contribution in [3.8, 4) is 5.75 Å². The van der Waals surface area contributed by atoms with E-state index in [0.717, 1.165) is 11.1 Å². The molecule has 0 aliphatic carbocycles. The minimum absolute atomic E-state index is 0.0901. The third kappa shape index (κ3) is 5.84. The molecule has 0 aromatic heterocycles. The summed E-state index contributed by atoms with van der Waals surface area (Å²) in [7, 11) is 1.59. The first-order valence-electron chi connectivity index (χ1n) is 9.30. The molecule has 0 bridgehead atoms. The lowest BCUT2D eigenvalue weighted by atomic mass is 10.1. The number of benzene rings is 2. The zero-order chi connectivity index (χ0) is 19.6. The van der Waals surface area contributed by atoms with E-state index in [0.29, 0.717) is 25.1 Å². The van der Waals surface area contributed by atoms with Gasteiger partial charge in [-0.3, -0.25) is 9.59 Å². The highest BCUT2D eigenvalue weighted by atomic mass is 16.5. The van der Waals surface area contributed by atoms with Crippen molar-refractivity contribution >= 4 is 11.8 Å². The van der Waals surface area contributed by atoms with Crippen molar-refractivity contribution in [2.75, 3.05) is 20.2 Å². The Balaban J connectivity index is 2.10. The zero-order valence-electron chi connectivity index (χ0n) is 16.3. The van der Waals surface area contributed by atoms with E-state index in [-0.39, 0.29) is 18.4 Å². The van der Waals surface area contributed by atoms with Crippen LogP contribution in [0.5, 0.6) is 5.75 Å². The van der Waals surface area contributed by atoms with Crippen LogP contribution in [-0.4, -0.2) is 43.0 Å². The monoisotopic (exact) mass is 368 g/mol. The van der Waals surface area contributed by atoms with E-state index in [4.69, 9.17) is 4.74 Å². The first kappa shape index (κ1) is 20.5. The van der Waals surface area contributed by atoms with E-state index >= 15 is 0 Å². The Morgan fingerprint density at radius 1 is 1.07 bits per heavy atom. The van der Waals surface area contributed by atoms with Crippen LogP contribution in [-0.2, 0) is 16.0 Å². The SMILES string of the molecule is CCC(C(=O)NC)N(CCc1ccccc1)C(=O)COc1ccccc1C. The molecule has 0 spiro atoms. The Labute approximate surface area is 161 Å². The molecule has 0 heterocycles. The van der Waals surface area contributed by atoms with Crippen molar-refractivity contribution in [1.82, 2.24) is 10.2 Å². The largest absolute Gasteiger partial charge is 0.484 e. The van der Waals surface area contributed by atoms with Crippen LogP contribution in [0.1, 0.15) is 24.5 Å². The van der Waals surface area contributed by atoms with Gasteiger partial charge in [-0.1, -0.05) is 55.5 Å². The van der Waals surface area contributed by atoms with Crippen LogP contribution in [0, 0.1) is 6.92 Å². The molecule has 2 rings (SSSR count). The molecular weight excluding hydrogens is 340 g/mol. The normalized spacial score (nSPS) is 11.5. The van der Waals surface area contributed by atoms with E-state index in [1.165, 1.54) is 0 Å². The average Bonchev–Trinajstić information content (AvgIpc) is 2.70. The summed E-state index contributed by atoms with van der Waals surface area (Å²) in [6.45, 7) is 4.22. The summed E-state index contributed by atoms with van der Waals surface area (Å²) >= 11 is 0. The molecule has 0 radical (unpaired) electrons. The van der Waals surface area contributed by atoms with Crippen molar-refractivity contribution in [3.05, 3.63) is 65.7 Å². The minimum atomic E-state index is -0.508. The van der Waals surface area contributed by atoms with Gasteiger partial charge in [-0.05, 0) is 37.0 Å². The zero-order valence-corrected chi connectivity index (χ0v) is 16.3. The first-order chi connectivity index (χ1) is 13.1. The summed E-state index contributed by atoms with van der Waals surface area (Å²) in [6.07, 6.45) is 1.23. The lowest BCUT2D eigenvalue weighted by molar-refractivity contribution is -0.142. The maximum absolute atomic E-state index is 12.9. The molecule has 0 saturated carbocycles. The number of nitrogens with one attached hydrogen (secondary N) is 1. The summed E-state index contributed by atoms with van der Waals surface area (Å²) in [5.74, 6) is 0.335. The molecule has 27 heavy (non-hydrogen) atoms. The molecule has 5 heteroatoms. The Morgan fingerprint density at radius 2 is 1.74 bits per heavy atom. The predicted molar refractivity (Wildman–Crippen MR) is 107 cm³/mol. The molecule has 1 atom stereocenters. The molecule has 2 aromatic rings. The van der Waals surface area contributed by atoms with Gasteiger partial charge in [-0.2, -0.15) is 0 Å². The second-order valence-corrected chi connectivity index (χ2v) is 6.42. The Morgan fingerprint density at radius 3 is 2.37 bits per heavy atom. The van der Waals surface area contributed by atoms with Crippen LogP contribution < -0.4 is 10.1 Å². The first-order valence-corrected chi connectivity index (χ1v) is 9.30. The van der Waals surface area contributed by atoms with Crippen LogP contribution in [0.2, 0.25) is 0 Å². The fourth-order valence-corrected chi connectivity index (χ4v) is 3.00. The molecule has 0 saturated heterocycles. The number of carbonyl (C=O) groups is 2. The number of para-hydroxylation sites is 1. The number of hydrogen-bond donors (Lipinski definition) is 1. The van der Waals surface area contributed by atoms with Crippen LogP contribution in [0.15, 0.2) is 54.6 Å². The average molecular weight is 368 g/mol. The topological polar surface area (TPSA) is 58.6 Å². The standard InChI is InChI=1S/C22H28N2O3/c1-4-19(22(26)23-3)24(15-14-18-11-6-5-7-12-18)21(25)16-27-20-13-9-8-10-17(20)2/h5-13,19H,4,14-16H2,1-3H3,(H,23,26). The number of aryl methyl sites for hydroxylation is 1. The fourth-order valence-electron chi connectivity index (χ4n) is 3.00. The molecular formula is C22H28N2O3. The summed E-state index contributed by atoms with van der Waals surface area (Å²) in [5.41, 5.74) is 2.10. The third-order valence-electron chi connectivity index (χ3n) is 4.56. The molecule has 2 aromatic carbocycles. The molecule has 1 N–H and O–H groups in total. The van der Waals surface area contributed by atoms with Crippen molar-refractivity contribution in [2.45, 2.75) is 32.7 Å². The Bertz CT molecular complexity index is 746. The maximum Gasteiger partial charge on any atom is 0.261 e. The van der Waals surface area contributed by atoms with Gasteiger partial charge < -0.3 is 15.0 Å². The molecule has 0 aliphatic rings. The van der Waals surface area contributed by atoms with Crippen molar-refractivity contribution in [2.24, 2.45) is 0 Å². The molecule has 144 valence electrons. The number of ether oxygens (including phenoxy) is 1. The Hall–Kier alpha value is -2.82. The number of rotatable bonds is 9. The van der Waals surface area contributed by atoms with Crippen molar-refractivity contribution < 1.29 is 14.3 Å². The number of amides is 2. The number of hydrogen-bond acceptors (Lipinski definition) is 3. The van der Waals surface area contributed by atoms with Gasteiger partial charge in [0.05, 0.1) is 0 Å². The van der Waals surface area contributed by atoms with Gasteiger partial charge in [-0.25, -0.2) is 0 Å². The molecule has 5 nitrogen and oxygen atoms in total. The highest BCUT2D eigenvalue weighted by Crippen LogP contribution is 2.17. The van der Waals surface area contributed by atoms with Crippen LogP contribution in [0.3, 0.4) is 0 Å². The third-order valence-corrected chi connectivity index (χ3v) is 4.56. The fraction of sp³-hybridized carbons (Fsp3) is 0.364. The van der Waals surface area contributed by atoms with E-state index in [2.05, 4.69) is 5.32 Å². The minimum Gasteiger partial charge on any atom is -0.484 e. The molecule has 0 fully saturated rings. The van der Waals surface area contributed by atoms with Gasteiger partial charge in [0.1, 0.15) is 11.8 Å². The second kappa shape index (κ2) is 10.4. The van der Waals surface area contributed by atoms with Crippen LogP contribution in [0.4, 0.5) is 0 Å². The summed E-state index contributed by atoms with van der Waals surface area (Å²) < 4.78 is 5.72. The van der Waals surface area contributed by atoms with Gasteiger partial charge in [0.25, 0.3) is 5.91 Å². The quantitative estimate of drug-likeness (QED) is 0.740. The second-order valence-electron chi connectivity index (χ2n) is 6.42. The summed E-state index contributed by atoms with van der Waals surface area (Å²) in [6, 6.07) is 17.0. The van der Waals surface area contributed by atoms with Crippen molar-refractivity contribution in [3.63, 3.8) is 0 Å². The van der Waals surface area contributed by atoms with Crippen molar-refractivity contribution in [1.29, 1.82) is 0 Å². The van der Waals surface area contributed by atoms with Gasteiger partial charge >= 0.3 is 0 Å². The van der Waals surface area contributed by atoms with E-state index in [1.54, 1.807) is 11.9 Å². The number of likely N-dealkylation sites (N-methyl/N-ethyl adjacent to an activating group) is 1. The van der Waals surface area contributed by atoms with E-state index in [9.17, 15) is 9.59 Å². The van der Waals surface area contributed by atoms with Gasteiger partial charge in [-0.15, -0.1) is 0 Å². The molecule has 2 amide bonds. The van der Waals surface area contributed by atoms with Gasteiger partial charge in [0.2, 0.25) is 5.91 Å². The van der Waals surface area contributed by atoms with E-state index in [1.807, 2.05) is 68.4 Å². The highest BCUT2D eigenvalue weighted by molar-refractivity contribution is 5.88. The Kier molecular flexibility index (Phi) is 7.86. The molecule has 1 unspecified atom stereocenters. The maximum atomic E-state index is 12.9. The lowest BCUT2D eigenvalue weighted by Crippen LogP contribution is -2.50. The van der Waals surface area contributed by atoms with Gasteiger partial charge in [0.15, 0.2) is 6.61 Å². The smallest absolute Gasteiger partial charge is 0.261 e. The van der Waals surface area contributed by atoms with Gasteiger partial charge in [0, 0.05) is 13.6 Å². The molecule has 0 aliphatic heterocycles. The van der Waals surface area contributed by atoms with E-state index < -0.39 is 6.04 Å². The predicted octanol–water partition coefficient (Wildman–Crippen LogP) is 2.97. The summed E-state index contributed by atoms with van der Waals surface area (Å²) in [5, 5.41) is 2.66. The number of nitrogens with zero attached hydrogens (tertiary/aromatic N) is 1. The lowest BCUT2D eigenvalue weighted by Gasteiger charge is -2.30. The summed E-state index contributed by atoms with van der Waals surface area (Å²) in [4.78, 5) is 26.8. The van der Waals surface area contributed by atoms with Crippen LogP contribution >= 0.6 is 0 Å².